The maximum atomic E-state index is 14.2. The first-order valence-corrected chi connectivity index (χ1v) is 9.80. The second-order valence-corrected chi connectivity index (χ2v) is 7.57. The molecule has 1 N–H and O–H groups in total. The number of hydrogen-bond donors (Lipinski definition) is 1. The second kappa shape index (κ2) is 8.01. The number of hydrogen-bond acceptors (Lipinski definition) is 6. The van der Waals surface area contributed by atoms with Crippen molar-refractivity contribution in [1.82, 2.24) is 0 Å². The van der Waals surface area contributed by atoms with E-state index in [0.29, 0.717) is 32.1 Å². The lowest BCUT2D eigenvalue weighted by molar-refractivity contribution is 0.122. The summed E-state index contributed by atoms with van der Waals surface area (Å²) in [4.78, 5) is 1.95. The molecule has 146 valence electrons. The third-order valence-electron chi connectivity index (χ3n) is 4.24. The van der Waals surface area contributed by atoms with E-state index in [2.05, 4.69) is 4.72 Å². The summed E-state index contributed by atoms with van der Waals surface area (Å²) in [6.07, 6.45) is 0. The van der Waals surface area contributed by atoms with Gasteiger partial charge in [0.2, 0.25) is 0 Å². The van der Waals surface area contributed by atoms with Gasteiger partial charge in [0.05, 0.1) is 38.0 Å². The van der Waals surface area contributed by atoms with Crippen molar-refractivity contribution in [2.45, 2.75) is 4.90 Å². The van der Waals surface area contributed by atoms with E-state index in [9.17, 15) is 12.8 Å². The fourth-order valence-electron chi connectivity index (χ4n) is 2.80. The van der Waals surface area contributed by atoms with E-state index < -0.39 is 15.8 Å². The highest BCUT2D eigenvalue weighted by molar-refractivity contribution is 7.92. The highest BCUT2D eigenvalue weighted by atomic mass is 32.2. The van der Waals surface area contributed by atoms with Crippen LogP contribution in [-0.4, -0.2) is 48.9 Å². The summed E-state index contributed by atoms with van der Waals surface area (Å²) in [7, 11) is -1.14. The molecular formula is C18H21FN2O5S. The van der Waals surface area contributed by atoms with Crippen LogP contribution in [-0.2, 0) is 14.8 Å². The zero-order valence-electron chi connectivity index (χ0n) is 15.1. The molecule has 27 heavy (non-hydrogen) atoms. The number of methoxy groups -OCH3 is 2. The molecule has 0 aliphatic carbocycles. The lowest BCUT2D eigenvalue weighted by Crippen LogP contribution is -2.36. The highest BCUT2D eigenvalue weighted by Gasteiger charge is 2.20. The standard InChI is InChI=1S/C18H21FN2O5S/c1-24-17-6-4-14(12-18(17)25-2)27(22,23)20-16-11-13(3-5-15(16)19)21-7-9-26-10-8-21/h3-6,11-12,20H,7-10H2,1-2H3. The van der Waals surface area contributed by atoms with Crippen LogP contribution in [0.3, 0.4) is 0 Å². The monoisotopic (exact) mass is 396 g/mol. The SMILES string of the molecule is COc1ccc(S(=O)(=O)Nc2cc(N3CCOCC3)ccc2F)cc1OC. The predicted molar refractivity (Wildman–Crippen MR) is 99.8 cm³/mol. The Labute approximate surface area is 157 Å². The minimum absolute atomic E-state index is 0.0590. The van der Waals surface area contributed by atoms with Gasteiger partial charge in [-0.15, -0.1) is 0 Å². The summed E-state index contributed by atoms with van der Waals surface area (Å²) in [5.74, 6) is 0.0101. The first-order chi connectivity index (χ1) is 12.9. The molecule has 1 fully saturated rings. The second-order valence-electron chi connectivity index (χ2n) is 5.89. The first-order valence-electron chi connectivity index (χ1n) is 8.31. The highest BCUT2D eigenvalue weighted by Crippen LogP contribution is 2.31. The summed E-state index contributed by atoms with van der Waals surface area (Å²) in [6.45, 7) is 2.47. The quantitative estimate of drug-likeness (QED) is 0.808. The van der Waals surface area contributed by atoms with Gasteiger partial charge < -0.3 is 19.1 Å². The molecule has 2 aromatic rings. The zero-order valence-corrected chi connectivity index (χ0v) is 15.9. The average Bonchev–Trinajstić information content (AvgIpc) is 2.69. The summed E-state index contributed by atoms with van der Waals surface area (Å²) in [5, 5.41) is 0. The molecule has 0 bridgehead atoms. The third kappa shape index (κ3) is 4.25. The Morgan fingerprint density at radius 3 is 2.41 bits per heavy atom. The van der Waals surface area contributed by atoms with E-state index in [4.69, 9.17) is 14.2 Å². The maximum absolute atomic E-state index is 14.2. The van der Waals surface area contributed by atoms with Gasteiger partial charge in [0, 0.05) is 24.8 Å². The van der Waals surface area contributed by atoms with Crippen LogP contribution in [0.4, 0.5) is 15.8 Å². The van der Waals surface area contributed by atoms with Crippen molar-refractivity contribution in [3.63, 3.8) is 0 Å². The van der Waals surface area contributed by atoms with E-state index in [1.807, 2.05) is 4.90 Å². The van der Waals surface area contributed by atoms with E-state index in [1.165, 1.54) is 44.6 Å². The molecule has 0 spiro atoms. The van der Waals surface area contributed by atoms with Crippen LogP contribution in [0.25, 0.3) is 0 Å². The van der Waals surface area contributed by atoms with Crippen LogP contribution in [0.1, 0.15) is 0 Å². The lowest BCUT2D eigenvalue weighted by Gasteiger charge is -2.29. The van der Waals surface area contributed by atoms with Gasteiger partial charge in [-0.05, 0) is 30.3 Å². The molecule has 1 aliphatic rings. The summed E-state index contributed by atoms with van der Waals surface area (Å²) < 4.78 is 57.5. The van der Waals surface area contributed by atoms with Crippen LogP contribution in [0.5, 0.6) is 11.5 Å². The fourth-order valence-corrected chi connectivity index (χ4v) is 3.87. The van der Waals surface area contributed by atoms with E-state index in [1.54, 1.807) is 6.07 Å². The topological polar surface area (TPSA) is 77.1 Å². The minimum Gasteiger partial charge on any atom is -0.493 e. The Hall–Kier alpha value is -2.52. The molecule has 9 heteroatoms. The van der Waals surface area contributed by atoms with Crippen LogP contribution >= 0.6 is 0 Å². The number of sulfonamides is 1. The molecule has 2 aromatic carbocycles. The van der Waals surface area contributed by atoms with Crippen molar-refractivity contribution < 1.29 is 27.0 Å². The fraction of sp³-hybridized carbons (Fsp3) is 0.333. The van der Waals surface area contributed by atoms with Crippen molar-refractivity contribution in [2.24, 2.45) is 0 Å². The Bertz CT molecular complexity index is 914. The molecule has 0 radical (unpaired) electrons. The van der Waals surface area contributed by atoms with Crippen LogP contribution in [0.15, 0.2) is 41.3 Å². The van der Waals surface area contributed by atoms with Crippen LogP contribution < -0.4 is 19.1 Å². The number of anilines is 2. The molecule has 7 nitrogen and oxygen atoms in total. The molecular weight excluding hydrogens is 375 g/mol. The molecule has 1 heterocycles. The number of nitrogens with one attached hydrogen (secondary N) is 1. The van der Waals surface area contributed by atoms with Crippen LogP contribution in [0, 0.1) is 5.82 Å². The molecule has 3 rings (SSSR count). The summed E-state index contributed by atoms with van der Waals surface area (Å²) in [5.41, 5.74) is 0.610. The molecule has 0 amide bonds. The molecule has 1 aliphatic heterocycles. The number of benzene rings is 2. The van der Waals surface area contributed by atoms with E-state index in [0.717, 1.165) is 5.69 Å². The predicted octanol–water partition coefficient (Wildman–Crippen LogP) is 2.48. The molecule has 0 unspecified atom stereocenters. The van der Waals surface area contributed by atoms with Gasteiger partial charge >= 0.3 is 0 Å². The Morgan fingerprint density at radius 2 is 1.74 bits per heavy atom. The number of rotatable bonds is 6. The number of nitrogens with zero attached hydrogens (tertiary/aromatic N) is 1. The smallest absolute Gasteiger partial charge is 0.262 e. The molecule has 0 atom stereocenters. The van der Waals surface area contributed by atoms with E-state index in [-0.39, 0.29) is 16.3 Å². The van der Waals surface area contributed by atoms with Gasteiger partial charge in [-0.1, -0.05) is 0 Å². The van der Waals surface area contributed by atoms with Gasteiger partial charge in [0.25, 0.3) is 10.0 Å². The zero-order chi connectivity index (χ0) is 19.4. The number of halogens is 1. The summed E-state index contributed by atoms with van der Waals surface area (Å²) >= 11 is 0. The maximum Gasteiger partial charge on any atom is 0.262 e. The van der Waals surface area contributed by atoms with Crippen molar-refractivity contribution in [2.75, 3.05) is 50.1 Å². The normalized spacial score (nSPS) is 14.7. The number of morpholine rings is 1. The third-order valence-corrected chi connectivity index (χ3v) is 5.60. The van der Waals surface area contributed by atoms with Gasteiger partial charge in [-0.25, -0.2) is 12.8 Å². The molecule has 1 saturated heterocycles. The molecule has 0 saturated carbocycles. The van der Waals surface area contributed by atoms with Gasteiger partial charge in [-0.2, -0.15) is 0 Å². The van der Waals surface area contributed by atoms with Gasteiger partial charge in [0.15, 0.2) is 11.5 Å². The van der Waals surface area contributed by atoms with Crippen molar-refractivity contribution in [1.29, 1.82) is 0 Å². The molecule has 0 aromatic heterocycles. The lowest BCUT2D eigenvalue weighted by atomic mass is 10.2. The van der Waals surface area contributed by atoms with Gasteiger partial charge in [0.1, 0.15) is 5.82 Å². The Balaban J connectivity index is 1.89. The summed E-state index contributed by atoms with van der Waals surface area (Å²) in [6, 6.07) is 8.53. The van der Waals surface area contributed by atoms with Crippen molar-refractivity contribution in [3.05, 3.63) is 42.2 Å². The van der Waals surface area contributed by atoms with E-state index >= 15 is 0 Å². The van der Waals surface area contributed by atoms with Crippen molar-refractivity contribution >= 4 is 21.4 Å². The van der Waals surface area contributed by atoms with Crippen LogP contribution in [0.2, 0.25) is 0 Å². The van der Waals surface area contributed by atoms with Crippen molar-refractivity contribution in [3.8, 4) is 11.5 Å². The first kappa shape index (κ1) is 19.2. The Morgan fingerprint density at radius 1 is 1.04 bits per heavy atom. The average molecular weight is 396 g/mol. The minimum atomic E-state index is -4.01. The van der Waals surface area contributed by atoms with Gasteiger partial charge in [-0.3, -0.25) is 4.72 Å². The Kier molecular flexibility index (Phi) is 5.71. The number of ether oxygens (including phenoxy) is 3. The largest absolute Gasteiger partial charge is 0.493 e.